The molecule has 118 valence electrons. The Morgan fingerprint density at radius 1 is 1.09 bits per heavy atom. The molecule has 0 saturated heterocycles. The van der Waals surface area contributed by atoms with Crippen molar-refractivity contribution >= 4 is 39.8 Å². The second kappa shape index (κ2) is 6.83. The van der Waals surface area contributed by atoms with E-state index < -0.39 is 6.04 Å². The standard InChI is InChI=1S/C19H18INO2/c1-12-6-8-13(9-7-12)10-14-11-17(22)18(19(14)23)21-16-5-3-2-4-15(16)20/h2-9,14,18,21H,10-11H2,1H3. The predicted octanol–water partition coefficient (Wildman–Crippen LogP) is 3.78. The molecule has 0 heterocycles. The molecule has 0 radical (unpaired) electrons. The lowest BCUT2D eigenvalue weighted by Crippen LogP contribution is -2.32. The number of anilines is 1. The van der Waals surface area contributed by atoms with E-state index in [0.29, 0.717) is 12.8 Å². The van der Waals surface area contributed by atoms with Gasteiger partial charge in [-0.3, -0.25) is 9.59 Å². The van der Waals surface area contributed by atoms with Gasteiger partial charge in [-0.25, -0.2) is 0 Å². The molecule has 0 bridgehead atoms. The maximum absolute atomic E-state index is 12.6. The van der Waals surface area contributed by atoms with E-state index in [9.17, 15) is 9.59 Å². The van der Waals surface area contributed by atoms with Crippen molar-refractivity contribution < 1.29 is 9.59 Å². The number of para-hydroxylation sites is 1. The first-order valence-electron chi connectivity index (χ1n) is 7.67. The molecule has 2 atom stereocenters. The van der Waals surface area contributed by atoms with E-state index in [4.69, 9.17) is 0 Å². The third-order valence-corrected chi connectivity index (χ3v) is 5.17. The van der Waals surface area contributed by atoms with Crippen molar-refractivity contribution in [2.75, 3.05) is 5.32 Å². The number of hydrogen-bond acceptors (Lipinski definition) is 3. The van der Waals surface area contributed by atoms with Gasteiger partial charge in [-0.15, -0.1) is 0 Å². The lowest BCUT2D eigenvalue weighted by Gasteiger charge is -2.14. The molecular formula is C19H18INO2. The molecule has 1 N–H and O–H groups in total. The van der Waals surface area contributed by atoms with Gasteiger partial charge in [-0.1, -0.05) is 42.0 Å². The largest absolute Gasteiger partial charge is 0.368 e. The number of carbonyl (C=O) groups excluding carboxylic acids is 2. The van der Waals surface area contributed by atoms with Crippen molar-refractivity contribution in [2.24, 2.45) is 5.92 Å². The van der Waals surface area contributed by atoms with E-state index in [1.54, 1.807) is 0 Å². The molecule has 0 aromatic heterocycles. The first-order valence-corrected chi connectivity index (χ1v) is 8.75. The van der Waals surface area contributed by atoms with Crippen LogP contribution in [-0.2, 0) is 16.0 Å². The van der Waals surface area contributed by atoms with Crippen LogP contribution in [0.4, 0.5) is 5.69 Å². The lowest BCUT2D eigenvalue weighted by molar-refractivity contribution is -0.123. The summed E-state index contributed by atoms with van der Waals surface area (Å²) >= 11 is 2.20. The van der Waals surface area contributed by atoms with Gasteiger partial charge in [-0.2, -0.15) is 0 Å². The molecule has 0 aliphatic heterocycles. The quantitative estimate of drug-likeness (QED) is 0.606. The first-order chi connectivity index (χ1) is 11.0. The van der Waals surface area contributed by atoms with E-state index in [1.165, 1.54) is 5.56 Å². The van der Waals surface area contributed by atoms with Crippen LogP contribution in [0.3, 0.4) is 0 Å². The number of halogens is 1. The highest BCUT2D eigenvalue weighted by Gasteiger charge is 2.41. The van der Waals surface area contributed by atoms with Crippen molar-refractivity contribution in [1.29, 1.82) is 0 Å². The SMILES string of the molecule is Cc1ccc(CC2CC(=O)C(Nc3ccccc3I)C2=O)cc1. The van der Waals surface area contributed by atoms with Gasteiger partial charge in [0.05, 0.1) is 0 Å². The molecule has 3 rings (SSSR count). The maximum Gasteiger partial charge on any atom is 0.166 e. The number of Topliss-reactive ketones (excluding diaryl/α,β-unsaturated/α-hetero) is 2. The van der Waals surface area contributed by atoms with Crippen molar-refractivity contribution in [3.63, 3.8) is 0 Å². The highest BCUT2D eigenvalue weighted by Crippen LogP contribution is 2.27. The van der Waals surface area contributed by atoms with Gasteiger partial charge in [0, 0.05) is 21.6 Å². The minimum absolute atomic E-state index is 0.00763. The minimum atomic E-state index is -0.707. The molecule has 0 amide bonds. The Bertz CT molecular complexity index is 739. The number of ketones is 2. The summed E-state index contributed by atoms with van der Waals surface area (Å²) in [7, 11) is 0. The zero-order chi connectivity index (χ0) is 16.4. The average Bonchev–Trinajstić information content (AvgIpc) is 2.79. The van der Waals surface area contributed by atoms with Crippen molar-refractivity contribution in [2.45, 2.75) is 25.8 Å². The molecule has 1 aliphatic carbocycles. The van der Waals surface area contributed by atoms with Gasteiger partial charge in [-0.05, 0) is 53.6 Å². The van der Waals surface area contributed by atoms with Crippen LogP contribution in [0.5, 0.6) is 0 Å². The zero-order valence-corrected chi connectivity index (χ0v) is 15.0. The Balaban J connectivity index is 1.72. The van der Waals surface area contributed by atoms with Crippen LogP contribution in [0.25, 0.3) is 0 Å². The summed E-state index contributed by atoms with van der Waals surface area (Å²) in [5.74, 6) is -0.217. The second-order valence-electron chi connectivity index (χ2n) is 6.02. The Morgan fingerprint density at radius 2 is 1.78 bits per heavy atom. The summed E-state index contributed by atoms with van der Waals surface area (Å²) < 4.78 is 1.01. The van der Waals surface area contributed by atoms with E-state index in [0.717, 1.165) is 14.8 Å². The highest BCUT2D eigenvalue weighted by atomic mass is 127. The summed E-state index contributed by atoms with van der Waals surface area (Å²) in [6, 6.07) is 15.1. The molecule has 1 aliphatic rings. The average molecular weight is 419 g/mol. The number of hydrogen-bond donors (Lipinski definition) is 1. The highest BCUT2D eigenvalue weighted by molar-refractivity contribution is 14.1. The maximum atomic E-state index is 12.6. The third kappa shape index (κ3) is 3.63. The normalized spacial score (nSPS) is 20.8. The lowest BCUT2D eigenvalue weighted by atomic mass is 9.96. The molecule has 3 nitrogen and oxygen atoms in total. The van der Waals surface area contributed by atoms with Crippen molar-refractivity contribution in [3.05, 3.63) is 63.2 Å². The van der Waals surface area contributed by atoms with Crippen molar-refractivity contribution in [3.8, 4) is 0 Å². The number of nitrogens with one attached hydrogen (secondary N) is 1. The smallest absolute Gasteiger partial charge is 0.166 e. The van der Waals surface area contributed by atoms with Gasteiger partial charge in [0.2, 0.25) is 0 Å². The van der Waals surface area contributed by atoms with Gasteiger partial charge in [0.1, 0.15) is 6.04 Å². The summed E-state index contributed by atoms with van der Waals surface area (Å²) in [5, 5.41) is 3.13. The number of benzene rings is 2. The second-order valence-corrected chi connectivity index (χ2v) is 7.18. The van der Waals surface area contributed by atoms with Gasteiger partial charge in [0.25, 0.3) is 0 Å². The van der Waals surface area contributed by atoms with E-state index in [-0.39, 0.29) is 17.5 Å². The van der Waals surface area contributed by atoms with Crippen molar-refractivity contribution in [1.82, 2.24) is 0 Å². The van der Waals surface area contributed by atoms with E-state index in [1.807, 2.05) is 55.5 Å². The fraction of sp³-hybridized carbons (Fsp3) is 0.263. The van der Waals surface area contributed by atoms with E-state index in [2.05, 4.69) is 27.9 Å². The van der Waals surface area contributed by atoms with Crippen LogP contribution in [0.15, 0.2) is 48.5 Å². The molecule has 2 aromatic rings. The summed E-state index contributed by atoms with van der Waals surface area (Å²) in [5.41, 5.74) is 3.15. The first kappa shape index (κ1) is 16.2. The monoisotopic (exact) mass is 419 g/mol. The van der Waals surface area contributed by atoms with Crippen LogP contribution in [0.2, 0.25) is 0 Å². The molecule has 2 aromatic carbocycles. The molecule has 1 fully saturated rings. The Morgan fingerprint density at radius 3 is 2.48 bits per heavy atom. The summed E-state index contributed by atoms with van der Waals surface area (Å²) in [6.45, 7) is 2.04. The Labute approximate surface area is 149 Å². The number of rotatable bonds is 4. The summed E-state index contributed by atoms with van der Waals surface area (Å²) in [6.07, 6.45) is 0.961. The van der Waals surface area contributed by atoms with Crippen LogP contribution in [0, 0.1) is 16.4 Å². The topological polar surface area (TPSA) is 46.2 Å². The Hall–Kier alpha value is -1.69. The fourth-order valence-corrected chi connectivity index (χ4v) is 3.47. The van der Waals surface area contributed by atoms with Crippen LogP contribution >= 0.6 is 22.6 Å². The van der Waals surface area contributed by atoms with Crippen LogP contribution in [0.1, 0.15) is 17.5 Å². The van der Waals surface area contributed by atoms with Crippen LogP contribution in [-0.4, -0.2) is 17.6 Å². The van der Waals surface area contributed by atoms with Gasteiger partial charge >= 0.3 is 0 Å². The third-order valence-electron chi connectivity index (χ3n) is 4.23. The molecule has 1 saturated carbocycles. The minimum Gasteiger partial charge on any atom is -0.368 e. The van der Waals surface area contributed by atoms with E-state index >= 15 is 0 Å². The van der Waals surface area contributed by atoms with Crippen LogP contribution < -0.4 is 5.32 Å². The number of carbonyl (C=O) groups is 2. The fourth-order valence-electron chi connectivity index (χ4n) is 2.92. The van der Waals surface area contributed by atoms with Gasteiger partial charge < -0.3 is 5.32 Å². The zero-order valence-electron chi connectivity index (χ0n) is 12.9. The molecule has 23 heavy (non-hydrogen) atoms. The molecule has 4 heteroatoms. The Kier molecular flexibility index (Phi) is 4.80. The van der Waals surface area contributed by atoms with Gasteiger partial charge in [0.15, 0.2) is 11.6 Å². The molecule has 2 unspecified atom stereocenters. The summed E-state index contributed by atoms with van der Waals surface area (Å²) in [4.78, 5) is 24.9. The number of aryl methyl sites for hydroxylation is 1. The molecule has 0 spiro atoms. The predicted molar refractivity (Wildman–Crippen MR) is 99.6 cm³/mol. The molecular weight excluding hydrogens is 401 g/mol.